The summed E-state index contributed by atoms with van der Waals surface area (Å²) in [4.78, 5) is 0. The molecular weight excluding hydrogens is 778 g/mol. The van der Waals surface area contributed by atoms with Crippen molar-refractivity contribution in [1.82, 2.24) is 0 Å². The van der Waals surface area contributed by atoms with Crippen LogP contribution in [0, 0.1) is 0 Å². The Morgan fingerprint density at radius 1 is 0.574 bits per heavy atom. The highest BCUT2D eigenvalue weighted by Crippen LogP contribution is 2.59. The summed E-state index contributed by atoms with van der Waals surface area (Å²) in [6.45, 7) is 19.6. The summed E-state index contributed by atoms with van der Waals surface area (Å²) in [5.41, 5.74) is 1.52. The monoisotopic (exact) mass is 836 g/mol. The van der Waals surface area contributed by atoms with Crippen molar-refractivity contribution in [2.75, 3.05) is 6.26 Å². The SMILES string of the molecule is CS(=O)(=O)O.C[C@H]1OS(=O)(=O)O[C@H](C)[C@H]2OC(C)(C)O[C@@H]21.C[C@H]1[C@@H](O)[C@H](O)[C@H](C)P1c1ccccc1.C[C@H]1[C@H]2OC(C)(C)O[C@@H]2[C@H](C)P1c1ccccc1. The van der Waals surface area contributed by atoms with Crippen LogP contribution in [0.4, 0.5) is 0 Å². The Bertz CT molecular complexity index is 1660. The topological polar surface area (TPSA) is 184 Å². The highest BCUT2D eigenvalue weighted by molar-refractivity contribution is 7.85. The summed E-state index contributed by atoms with van der Waals surface area (Å²) in [5.74, 6) is -1.15. The molecule has 17 heteroatoms. The van der Waals surface area contributed by atoms with E-state index in [1.807, 2.05) is 45.9 Å². The van der Waals surface area contributed by atoms with Crippen LogP contribution in [0.25, 0.3) is 0 Å². The van der Waals surface area contributed by atoms with Gasteiger partial charge in [0.1, 0.15) is 24.4 Å². The van der Waals surface area contributed by atoms with Crippen LogP contribution < -0.4 is 10.6 Å². The lowest BCUT2D eigenvalue weighted by molar-refractivity contribution is -0.160. The molecule has 2 aromatic carbocycles. The van der Waals surface area contributed by atoms with E-state index >= 15 is 0 Å². The quantitative estimate of drug-likeness (QED) is 0.285. The molecule has 2 aromatic rings. The van der Waals surface area contributed by atoms with E-state index < -0.39 is 76.6 Å². The number of aliphatic hydroxyl groups excluding tert-OH is 2. The molecule has 0 spiro atoms. The van der Waals surface area contributed by atoms with Crippen LogP contribution in [0.1, 0.15) is 69.2 Å². The van der Waals surface area contributed by atoms with Crippen LogP contribution in [-0.2, 0) is 47.8 Å². The van der Waals surface area contributed by atoms with Gasteiger partial charge < -0.3 is 29.2 Å². The molecule has 0 aromatic heterocycles. The summed E-state index contributed by atoms with van der Waals surface area (Å²) >= 11 is 0. The Morgan fingerprint density at radius 2 is 0.852 bits per heavy atom. The van der Waals surface area contributed by atoms with E-state index in [1.54, 1.807) is 27.7 Å². The van der Waals surface area contributed by atoms with Gasteiger partial charge in [-0.1, -0.05) is 104 Å². The Hall–Kier alpha value is -1.16. The molecule has 12 atom stereocenters. The van der Waals surface area contributed by atoms with Gasteiger partial charge in [-0.2, -0.15) is 16.8 Å². The van der Waals surface area contributed by atoms with Crippen molar-refractivity contribution in [2.24, 2.45) is 0 Å². The maximum Gasteiger partial charge on any atom is 0.400 e. The molecule has 0 aliphatic carbocycles. The highest BCUT2D eigenvalue weighted by Gasteiger charge is 2.56. The van der Waals surface area contributed by atoms with Crippen LogP contribution >= 0.6 is 15.8 Å². The molecule has 7 rings (SSSR count). The zero-order valence-electron chi connectivity index (χ0n) is 32.8. The fourth-order valence-electron chi connectivity index (χ4n) is 7.71. The number of fused-ring (bicyclic) bond motifs is 2. The molecule has 0 saturated carbocycles. The zero-order valence-corrected chi connectivity index (χ0v) is 36.3. The second-order valence-corrected chi connectivity index (χ2v) is 23.9. The second-order valence-electron chi connectivity index (χ2n) is 15.3. The van der Waals surface area contributed by atoms with E-state index in [0.29, 0.717) is 17.6 Å². The fraction of sp³-hybridized carbons (Fsp3) is 0.676. The lowest BCUT2D eigenvalue weighted by atomic mass is 10.1. The van der Waals surface area contributed by atoms with Gasteiger partial charge in [-0.3, -0.25) is 4.55 Å². The third-order valence-electron chi connectivity index (χ3n) is 9.94. The molecule has 3 N–H and O–H groups in total. The van der Waals surface area contributed by atoms with Crippen molar-refractivity contribution in [3.63, 3.8) is 0 Å². The van der Waals surface area contributed by atoms with Gasteiger partial charge in [-0.05, 0) is 52.2 Å². The molecule has 5 aliphatic rings. The molecule has 0 bridgehead atoms. The third-order valence-corrected chi connectivity index (χ3v) is 17.5. The molecule has 0 amide bonds. The lowest BCUT2D eigenvalue weighted by Gasteiger charge is -2.27. The predicted molar refractivity (Wildman–Crippen MR) is 211 cm³/mol. The molecule has 54 heavy (non-hydrogen) atoms. The van der Waals surface area contributed by atoms with Crippen molar-refractivity contribution in [2.45, 2.75) is 152 Å². The molecule has 306 valence electrons. The first-order chi connectivity index (χ1) is 24.8. The van der Waals surface area contributed by atoms with E-state index in [1.165, 1.54) is 10.6 Å². The summed E-state index contributed by atoms with van der Waals surface area (Å²) < 4.78 is 81.6. The Balaban J connectivity index is 0.000000170. The summed E-state index contributed by atoms with van der Waals surface area (Å²) in [7, 11) is -8.25. The van der Waals surface area contributed by atoms with Gasteiger partial charge in [0.05, 0.1) is 30.7 Å². The number of hydrogen-bond acceptors (Lipinski definition) is 12. The molecule has 5 aliphatic heterocycles. The van der Waals surface area contributed by atoms with Gasteiger partial charge >= 0.3 is 10.4 Å². The molecule has 5 fully saturated rings. The highest BCUT2D eigenvalue weighted by atomic mass is 32.3. The van der Waals surface area contributed by atoms with Gasteiger partial charge in [0.25, 0.3) is 10.1 Å². The fourth-order valence-corrected chi connectivity index (χ4v) is 15.2. The summed E-state index contributed by atoms with van der Waals surface area (Å²) in [5, 5.41) is 22.4. The second kappa shape index (κ2) is 17.8. The van der Waals surface area contributed by atoms with Crippen molar-refractivity contribution in [3.05, 3.63) is 60.7 Å². The van der Waals surface area contributed by atoms with Crippen molar-refractivity contribution < 1.29 is 58.9 Å². The first-order valence-electron chi connectivity index (χ1n) is 18.1. The lowest BCUT2D eigenvalue weighted by Crippen LogP contribution is -2.38. The van der Waals surface area contributed by atoms with E-state index in [2.05, 4.69) is 56.3 Å². The number of aliphatic hydroxyl groups is 2. The van der Waals surface area contributed by atoms with Gasteiger partial charge in [-0.25, -0.2) is 8.37 Å². The number of ether oxygens (including phenoxy) is 4. The first-order valence-corrected chi connectivity index (χ1v) is 24.2. The molecule has 0 unspecified atom stereocenters. The normalized spacial score (nSPS) is 40.0. The van der Waals surface area contributed by atoms with Crippen molar-refractivity contribution in [3.8, 4) is 0 Å². The Kier molecular flexibility index (Phi) is 15.0. The van der Waals surface area contributed by atoms with E-state index in [0.717, 1.165) is 0 Å². The zero-order chi connectivity index (χ0) is 40.6. The van der Waals surface area contributed by atoms with Crippen LogP contribution in [0.15, 0.2) is 60.7 Å². The number of hydrogen-bond donors (Lipinski definition) is 3. The Morgan fingerprint density at radius 3 is 1.17 bits per heavy atom. The van der Waals surface area contributed by atoms with Crippen LogP contribution in [0.3, 0.4) is 0 Å². The third kappa shape index (κ3) is 11.5. The maximum atomic E-state index is 11.3. The maximum absolute atomic E-state index is 11.3. The average molecular weight is 837 g/mol. The van der Waals surface area contributed by atoms with Gasteiger partial charge in [-0.15, -0.1) is 0 Å². The minimum absolute atomic E-state index is 0.187. The molecule has 5 heterocycles. The van der Waals surface area contributed by atoms with E-state index in [-0.39, 0.29) is 31.4 Å². The minimum atomic E-state index is -3.96. The van der Waals surface area contributed by atoms with Crippen LogP contribution in [0.2, 0.25) is 0 Å². The van der Waals surface area contributed by atoms with Crippen molar-refractivity contribution in [1.29, 1.82) is 0 Å². The summed E-state index contributed by atoms with van der Waals surface area (Å²) in [6, 6.07) is 21.1. The van der Waals surface area contributed by atoms with Gasteiger partial charge in [0.2, 0.25) is 0 Å². The largest absolute Gasteiger partial charge is 0.400 e. The van der Waals surface area contributed by atoms with E-state index in [4.69, 9.17) is 31.9 Å². The molecule has 0 radical (unpaired) electrons. The smallest absolute Gasteiger partial charge is 0.390 e. The van der Waals surface area contributed by atoms with Crippen LogP contribution in [-0.4, -0.2) is 121 Å². The molecule has 13 nitrogen and oxygen atoms in total. The predicted octanol–water partition coefficient (Wildman–Crippen LogP) is 4.49. The van der Waals surface area contributed by atoms with Crippen molar-refractivity contribution >= 4 is 47.0 Å². The van der Waals surface area contributed by atoms with E-state index in [9.17, 15) is 27.0 Å². The summed E-state index contributed by atoms with van der Waals surface area (Å²) in [6.07, 6.45) is -2.01. The Labute approximate surface area is 324 Å². The standard InChI is InChI=1S/C15H21O2P.C12H17O2P.C9H16O6S.CH4O3S/c1-10-13-14(17-15(3,4)16-13)11(2)18(10)12-8-6-5-7-9-12;1-8-11(13)12(14)9(2)15(8)10-6-4-3-5-7-10;1-5-7-8(13-9(3,4)12-7)6(2)15-16(10,11)14-5;1-5(2,3)4/h5-11,13-14H,1-4H3;3-9,11-14H,1-2H3;5-8H,1-4H3;1H3,(H,2,3,4)/t10-,11-,13+,14+;8-,9-,11+,12+;5-,6-,7-,8-;/m001./s1. The van der Waals surface area contributed by atoms with Crippen LogP contribution in [0.5, 0.6) is 0 Å². The van der Waals surface area contributed by atoms with Gasteiger partial charge in [0, 0.05) is 22.6 Å². The molecular formula is C37H58O13P2S2. The average Bonchev–Trinajstić information content (AvgIpc) is 3.69. The minimum Gasteiger partial charge on any atom is -0.390 e. The molecule has 5 saturated heterocycles. The first kappa shape index (κ1) is 45.5. The number of rotatable bonds is 2. The van der Waals surface area contributed by atoms with Gasteiger partial charge in [0.15, 0.2) is 11.6 Å². The number of benzene rings is 2.